The van der Waals surface area contributed by atoms with Gasteiger partial charge < -0.3 is 5.32 Å². The molecule has 6 heteroatoms. The zero-order valence-corrected chi connectivity index (χ0v) is 10.8. The first kappa shape index (κ1) is 11.8. The van der Waals surface area contributed by atoms with Crippen LogP contribution in [0.25, 0.3) is 0 Å². The number of nitrogens with one attached hydrogen (secondary N) is 1. The third-order valence-corrected chi connectivity index (χ3v) is 2.80. The van der Waals surface area contributed by atoms with Gasteiger partial charge in [0.2, 0.25) is 0 Å². The molecule has 0 aliphatic carbocycles. The molecule has 0 fully saturated rings. The summed E-state index contributed by atoms with van der Waals surface area (Å²) in [7, 11) is 1.80. The van der Waals surface area contributed by atoms with Crippen LogP contribution in [0.4, 0.5) is 5.82 Å². The van der Waals surface area contributed by atoms with E-state index < -0.39 is 0 Å². The molecule has 0 saturated carbocycles. The van der Waals surface area contributed by atoms with Crippen molar-refractivity contribution in [3.05, 3.63) is 51.2 Å². The second-order valence-corrected chi connectivity index (χ2v) is 4.29. The molecular weight excluding hydrogens is 284 g/mol. The first-order chi connectivity index (χ1) is 8.20. The zero-order chi connectivity index (χ0) is 12.3. The predicted octanol–water partition coefficient (Wildman–Crippen LogP) is 1.49. The van der Waals surface area contributed by atoms with Crippen LogP contribution in [0.1, 0.15) is 5.69 Å². The van der Waals surface area contributed by atoms with Crippen molar-refractivity contribution >= 4 is 21.7 Å². The van der Waals surface area contributed by atoms with Crippen LogP contribution in [0.15, 0.2) is 40.0 Å². The summed E-state index contributed by atoms with van der Waals surface area (Å²) in [6.45, 7) is 0.404. The lowest BCUT2D eigenvalue weighted by atomic mass is 10.3. The number of anilines is 1. The van der Waals surface area contributed by atoms with E-state index in [0.29, 0.717) is 11.0 Å². The highest BCUT2D eigenvalue weighted by Crippen LogP contribution is 2.05. The van der Waals surface area contributed by atoms with Gasteiger partial charge in [0.25, 0.3) is 5.56 Å². The minimum Gasteiger partial charge on any atom is -0.373 e. The summed E-state index contributed by atoms with van der Waals surface area (Å²) < 4.78 is 1.95. The number of hydrogen-bond donors (Lipinski definition) is 1. The maximum absolute atomic E-state index is 11.8. The van der Waals surface area contributed by atoms with Crippen molar-refractivity contribution in [3.8, 4) is 0 Å². The van der Waals surface area contributed by atoms with E-state index in [4.69, 9.17) is 0 Å². The van der Waals surface area contributed by atoms with Gasteiger partial charge in [-0.25, -0.2) is 9.97 Å². The van der Waals surface area contributed by atoms with Gasteiger partial charge in [-0.05, 0) is 28.1 Å². The Morgan fingerprint density at radius 1 is 1.47 bits per heavy atom. The Hall–Kier alpha value is -1.69. The Kier molecular flexibility index (Phi) is 3.53. The third-order valence-electron chi connectivity index (χ3n) is 2.25. The van der Waals surface area contributed by atoms with Crippen molar-refractivity contribution < 1.29 is 0 Å². The number of hydrogen-bond acceptors (Lipinski definition) is 4. The molecule has 2 rings (SSSR count). The number of nitrogens with zero attached hydrogens (tertiary/aromatic N) is 3. The Bertz CT molecular complexity index is 582. The highest BCUT2D eigenvalue weighted by atomic mass is 79.9. The average molecular weight is 295 g/mol. The summed E-state index contributed by atoms with van der Waals surface area (Å²) >= 11 is 3.16. The normalized spacial score (nSPS) is 10.2. The fraction of sp³-hybridized carbons (Fsp3) is 0.182. The highest BCUT2D eigenvalue weighted by molar-refractivity contribution is 9.10. The molecule has 0 spiro atoms. The number of aromatic nitrogens is 3. The molecule has 0 unspecified atom stereocenters. The molecule has 0 saturated heterocycles. The second-order valence-electron chi connectivity index (χ2n) is 3.44. The smallest absolute Gasteiger partial charge is 0.267 e. The molecule has 88 valence electrons. The number of pyridine rings is 1. The molecule has 17 heavy (non-hydrogen) atoms. The van der Waals surface area contributed by atoms with Crippen LogP contribution in [0.5, 0.6) is 0 Å². The third kappa shape index (κ3) is 2.71. The lowest BCUT2D eigenvalue weighted by Gasteiger charge is -2.06. The summed E-state index contributed by atoms with van der Waals surface area (Å²) in [5.74, 6) is 0.776. The highest BCUT2D eigenvalue weighted by Gasteiger charge is 2.03. The van der Waals surface area contributed by atoms with Gasteiger partial charge in [-0.15, -0.1) is 0 Å². The lowest BCUT2D eigenvalue weighted by Crippen LogP contribution is -2.21. The molecule has 2 heterocycles. The number of rotatable bonds is 3. The first-order valence-corrected chi connectivity index (χ1v) is 5.83. The molecule has 0 aromatic carbocycles. The monoisotopic (exact) mass is 294 g/mol. The molecule has 2 aromatic rings. The SMILES string of the molecule is CNc1cccc(Cn2cncc(Br)c2=O)n1. The summed E-state index contributed by atoms with van der Waals surface area (Å²) in [5, 5.41) is 2.96. The van der Waals surface area contributed by atoms with Crippen molar-refractivity contribution in [1.82, 2.24) is 14.5 Å². The Labute approximate surface area is 107 Å². The quantitative estimate of drug-likeness (QED) is 0.932. The van der Waals surface area contributed by atoms with Gasteiger partial charge >= 0.3 is 0 Å². The van der Waals surface area contributed by atoms with E-state index >= 15 is 0 Å². The van der Waals surface area contributed by atoms with E-state index in [1.54, 1.807) is 7.05 Å². The molecule has 0 radical (unpaired) electrons. The van der Waals surface area contributed by atoms with Crippen molar-refractivity contribution in [2.24, 2.45) is 0 Å². The van der Waals surface area contributed by atoms with Gasteiger partial charge in [0.15, 0.2) is 0 Å². The lowest BCUT2D eigenvalue weighted by molar-refractivity contribution is 0.715. The van der Waals surface area contributed by atoms with Crippen LogP contribution < -0.4 is 10.9 Å². The maximum Gasteiger partial charge on any atom is 0.267 e. The molecular formula is C11H11BrN4O. The molecule has 0 aliphatic heterocycles. The van der Waals surface area contributed by atoms with E-state index in [9.17, 15) is 4.79 Å². The topological polar surface area (TPSA) is 59.8 Å². The molecule has 0 amide bonds. The number of halogens is 1. The maximum atomic E-state index is 11.8. The molecule has 5 nitrogen and oxygen atoms in total. The van der Waals surface area contributed by atoms with E-state index in [-0.39, 0.29) is 5.56 Å². The van der Waals surface area contributed by atoms with Gasteiger partial charge in [-0.2, -0.15) is 0 Å². The summed E-state index contributed by atoms with van der Waals surface area (Å²) in [5.41, 5.74) is 0.690. The van der Waals surface area contributed by atoms with E-state index in [0.717, 1.165) is 11.5 Å². The standard InChI is InChI=1S/C11H11BrN4O/c1-13-10-4-2-3-8(15-10)6-16-7-14-5-9(12)11(16)17/h2-5,7H,6H2,1H3,(H,13,15). The molecule has 2 aromatic heterocycles. The minimum absolute atomic E-state index is 0.114. The fourth-order valence-corrected chi connectivity index (χ4v) is 1.76. The summed E-state index contributed by atoms with van der Waals surface area (Å²) in [6.07, 6.45) is 2.98. The molecule has 0 aliphatic rings. The molecule has 0 bridgehead atoms. The molecule has 0 atom stereocenters. The predicted molar refractivity (Wildman–Crippen MR) is 69.1 cm³/mol. The Balaban J connectivity index is 2.31. The van der Waals surface area contributed by atoms with Crippen molar-refractivity contribution in [2.45, 2.75) is 6.54 Å². The van der Waals surface area contributed by atoms with Crippen LogP contribution in [-0.4, -0.2) is 21.6 Å². The minimum atomic E-state index is -0.114. The van der Waals surface area contributed by atoms with Crippen LogP contribution >= 0.6 is 15.9 Å². The van der Waals surface area contributed by atoms with Gasteiger partial charge in [0.05, 0.1) is 18.6 Å². The largest absolute Gasteiger partial charge is 0.373 e. The van der Waals surface area contributed by atoms with E-state index in [1.807, 2.05) is 18.2 Å². The van der Waals surface area contributed by atoms with Crippen LogP contribution in [0.2, 0.25) is 0 Å². The zero-order valence-electron chi connectivity index (χ0n) is 9.22. The second kappa shape index (κ2) is 5.09. The van der Waals surface area contributed by atoms with Crippen LogP contribution in [0, 0.1) is 0 Å². The summed E-state index contributed by atoms with van der Waals surface area (Å²) in [4.78, 5) is 20.1. The molecule has 1 N–H and O–H groups in total. The van der Waals surface area contributed by atoms with Crippen LogP contribution in [-0.2, 0) is 6.54 Å². The first-order valence-electron chi connectivity index (χ1n) is 5.04. The van der Waals surface area contributed by atoms with Gasteiger partial charge in [0.1, 0.15) is 10.3 Å². The van der Waals surface area contributed by atoms with Gasteiger partial charge in [0, 0.05) is 13.2 Å². The average Bonchev–Trinajstić information content (AvgIpc) is 2.35. The van der Waals surface area contributed by atoms with Crippen molar-refractivity contribution in [1.29, 1.82) is 0 Å². The Morgan fingerprint density at radius 3 is 3.06 bits per heavy atom. The van der Waals surface area contributed by atoms with Gasteiger partial charge in [-0.1, -0.05) is 6.07 Å². The fourth-order valence-electron chi connectivity index (χ4n) is 1.42. The van der Waals surface area contributed by atoms with Crippen molar-refractivity contribution in [2.75, 3.05) is 12.4 Å². The van der Waals surface area contributed by atoms with Crippen LogP contribution in [0.3, 0.4) is 0 Å². The summed E-state index contributed by atoms with van der Waals surface area (Å²) in [6, 6.07) is 5.63. The van der Waals surface area contributed by atoms with E-state index in [1.165, 1.54) is 17.1 Å². The van der Waals surface area contributed by atoms with Gasteiger partial charge in [-0.3, -0.25) is 9.36 Å². The van der Waals surface area contributed by atoms with E-state index in [2.05, 4.69) is 31.2 Å². The Morgan fingerprint density at radius 2 is 2.29 bits per heavy atom. The van der Waals surface area contributed by atoms with Crippen molar-refractivity contribution in [3.63, 3.8) is 0 Å².